The Hall–Kier alpha value is -2.72. The van der Waals surface area contributed by atoms with Crippen LogP contribution in [0, 0.1) is 0 Å². The van der Waals surface area contributed by atoms with Gasteiger partial charge in [0, 0.05) is 17.3 Å². The zero-order chi connectivity index (χ0) is 16.9. The predicted octanol–water partition coefficient (Wildman–Crippen LogP) is 4.82. The zero-order valence-corrected chi connectivity index (χ0v) is 13.9. The maximum atomic E-state index is 12.0. The van der Waals surface area contributed by atoms with Gasteiger partial charge in [-0.3, -0.25) is 0 Å². The first-order valence-corrected chi connectivity index (χ1v) is 7.89. The molecule has 3 rings (SSSR count). The van der Waals surface area contributed by atoms with Crippen LogP contribution in [-0.4, -0.2) is 13.1 Å². The lowest BCUT2D eigenvalue weighted by Gasteiger charge is -2.09. The molecular weight excluding hydrogens is 324 g/mol. The van der Waals surface area contributed by atoms with Crippen LogP contribution in [0.2, 0.25) is 5.02 Å². The molecule has 0 aliphatic carbocycles. The number of anilines is 1. The van der Waals surface area contributed by atoms with Crippen LogP contribution in [-0.2, 0) is 6.54 Å². The molecule has 3 aromatic carbocycles. The van der Waals surface area contributed by atoms with Crippen molar-refractivity contribution in [1.29, 1.82) is 0 Å². The number of rotatable bonds is 4. The van der Waals surface area contributed by atoms with Crippen LogP contribution in [0.3, 0.4) is 0 Å². The molecule has 0 saturated carbocycles. The lowest BCUT2D eigenvalue weighted by atomic mass is 10.1. The van der Waals surface area contributed by atoms with Crippen LogP contribution in [0.5, 0.6) is 5.75 Å². The number of hydrogen-bond donors (Lipinski definition) is 2. The van der Waals surface area contributed by atoms with Gasteiger partial charge in [0.05, 0.1) is 7.11 Å². The van der Waals surface area contributed by atoms with E-state index in [1.807, 2.05) is 30.3 Å². The third-order valence-corrected chi connectivity index (χ3v) is 3.88. The molecule has 0 atom stereocenters. The third-order valence-electron chi connectivity index (χ3n) is 3.65. The van der Waals surface area contributed by atoms with E-state index in [4.69, 9.17) is 16.3 Å². The summed E-state index contributed by atoms with van der Waals surface area (Å²) in [5, 5.41) is 8.37. The van der Waals surface area contributed by atoms with E-state index in [1.165, 1.54) is 0 Å². The van der Waals surface area contributed by atoms with Crippen LogP contribution < -0.4 is 15.4 Å². The van der Waals surface area contributed by atoms with E-state index in [-0.39, 0.29) is 6.03 Å². The topological polar surface area (TPSA) is 50.4 Å². The maximum Gasteiger partial charge on any atom is 0.319 e. The summed E-state index contributed by atoms with van der Waals surface area (Å²) in [5.41, 5.74) is 1.68. The van der Waals surface area contributed by atoms with Crippen LogP contribution in [0.25, 0.3) is 10.8 Å². The first-order valence-electron chi connectivity index (χ1n) is 7.51. The molecule has 0 aliphatic heterocycles. The normalized spacial score (nSPS) is 10.4. The SMILES string of the molecule is COc1ccc2cc(CNC(=O)Nc3cccc(Cl)c3)ccc2c1. The Morgan fingerprint density at radius 1 is 1.04 bits per heavy atom. The highest BCUT2D eigenvalue weighted by Gasteiger charge is 2.03. The van der Waals surface area contributed by atoms with Crippen molar-refractivity contribution in [2.45, 2.75) is 6.54 Å². The minimum absolute atomic E-state index is 0.271. The summed E-state index contributed by atoms with van der Waals surface area (Å²) in [6.07, 6.45) is 0. The van der Waals surface area contributed by atoms with E-state index >= 15 is 0 Å². The molecule has 0 radical (unpaired) electrons. The zero-order valence-electron chi connectivity index (χ0n) is 13.2. The van der Waals surface area contributed by atoms with E-state index in [0.717, 1.165) is 22.1 Å². The second kappa shape index (κ2) is 7.23. The van der Waals surface area contributed by atoms with Gasteiger partial charge in [-0.1, -0.05) is 35.9 Å². The van der Waals surface area contributed by atoms with Crippen molar-refractivity contribution in [1.82, 2.24) is 5.32 Å². The summed E-state index contributed by atoms with van der Waals surface area (Å²) in [4.78, 5) is 12.0. The van der Waals surface area contributed by atoms with E-state index in [9.17, 15) is 4.79 Å². The molecule has 2 N–H and O–H groups in total. The molecule has 24 heavy (non-hydrogen) atoms. The minimum atomic E-state index is -0.271. The molecule has 4 nitrogen and oxygen atoms in total. The summed E-state index contributed by atoms with van der Waals surface area (Å²) < 4.78 is 5.22. The molecule has 0 spiro atoms. The van der Waals surface area contributed by atoms with Crippen molar-refractivity contribution in [2.24, 2.45) is 0 Å². The first-order chi connectivity index (χ1) is 11.6. The quantitative estimate of drug-likeness (QED) is 0.715. The maximum absolute atomic E-state index is 12.0. The number of fused-ring (bicyclic) bond motifs is 1. The van der Waals surface area contributed by atoms with Gasteiger partial charge in [-0.25, -0.2) is 4.79 Å². The fraction of sp³-hybridized carbons (Fsp3) is 0.105. The predicted molar refractivity (Wildman–Crippen MR) is 97.8 cm³/mol. The third kappa shape index (κ3) is 3.97. The molecule has 122 valence electrons. The molecule has 0 saturated heterocycles. The smallest absolute Gasteiger partial charge is 0.319 e. The number of methoxy groups -OCH3 is 1. The molecule has 0 unspecified atom stereocenters. The number of amides is 2. The fourth-order valence-corrected chi connectivity index (χ4v) is 2.62. The summed E-state index contributed by atoms with van der Waals surface area (Å²) >= 11 is 5.90. The number of urea groups is 1. The highest BCUT2D eigenvalue weighted by atomic mass is 35.5. The molecule has 2 amide bonds. The van der Waals surface area contributed by atoms with Crippen molar-refractivity contribution in [3.63, 3.8) is 0 Å². The Labute approximate surface area is 145 Å². The average molecular weight is 341 g/mol. The van der Waals surface area contributed by atoms with Gasteiger partial charge in [0.2, 0.25) is 0 Å². The Morgan fingerprint density at radius 3 is 2.62 bits per heavy atom. The van der Waals surface area contributed by atoms with Gasteiger partial charge in [0.1, 0.15) is 5.75 Å². The Balaban J connectivity index is 1.63. The monoisotopic (exact) mass is 340 g/mol. The molecule has 0 fully saturated rings. The minimum Gasteiger partial charge on any atom is -0.497 e. The number of benzene rings is 3. The van der Waals surface area contributed by atoms with Gasteiger partial charge in [-0.2, -0.15) is 0 Å². The fourth-order valence-electron chi connectivity index (χ4n) is 2.43. The van der Waals surface area contributed by atoms with E-state index < -0.39 is 0 Å². The molecule has 3 aromatic rings. The van der Waals surface area contributed by atoms with E-state index in [0.29, 0.717) is 17.3 Å². The van der Waals surface area contributed by atoms with Crippen LogP contribution >= 0.6 is 11.6 Å². The van der Waals surface area contributed by atoms with E-state index in [1.54, 1.807) is 31.4 Å². The largest absolute Gasteiger partial charge is 0.497 e. The molecule has 5 heteroatoms. The summed E-state index contributed by atoms with van der Waals surface area (Å²) in [7, 11) is 1.65. The number of carbonyl (C=O) groups excluding carboxylic acids is 1. The second-order valence-corrected chi connectivity index (χ2v) is 5.80. The number of hydrogen-bond acceptors (Lipinski definition) is 2. The molecular formula is C19H17ClN2O2. The molecule has 0 aromatic heterocycles. The van der Waals surface area contributed by atoms with Gasteiger partial charge in [0.25, 0.3) is 0 Å². The Kier molecular flexibility index (Phi) is 4.87. The van der Waals surface area contributed by atoms with Crippen molar-refractivity contribution < 1.29 is 9.53 Å². The van der Waals surface area contributed by atoms with Crippen molar-refractivity contribution in [3.05, 3.63) is 71.2 Å². The van der Waals surface area contributed by atoms with Gasteiger partial charge in [-0.15, -0.1) is 0 Å². The van der Waals surface area contributed by atoms with Crippen molar-refractivity contribution >= 4 is 34.1 Å². The summed E-state index contributed by atoms with van der Waals surface area (Å²) in [6, 6.07) is 18.7. The Bertz CT molecular complexity index is 880. The standard InChI is InChI=1S/C19H17ClN2O2/c1-24-18-8-7-14-9-13(5-6-15(14)10-18)12-21-19(23)22-17-4-2-3-16(20)11-17/h2-11H,12H2,1H3,(H2,21,22,23). The number of nitrogens with one attached hydrogen (secondary N) is 2. The average Bonchev–Trinajstić information content (AvgIpc) is 2.59. The number of ether oxygens (including phenoxy) is 1. The van der Waals surface area contributed by atoms with Crippen LogP contribution in [0.15, 0.2) is 60.7 Å². The van der Waals surface area contributed by atoms with E-state index in [2.05, 4.69) is 16.7 Å². The van der Waals surface area contributed by atoms with Gasteiger partial charge in [0.15, 0.2) is 0 Å². The number of halogens is 1. The van der Waals surface area contributed by atoms with Gasteiger partial charge < -0.3 is 15.4 Å². The molecule has 0 aliphatic rings. The Morgan fingerprint density at radius 2 is 1.83 bits per heavy atom. The highest BCUT2D eigenvalue weighted by Crippen LogP contribution is 2.22. The lowest BCUT2D eigenvalue weighted by molar-refractivity contribution is 0.251. The summed E-state index contributed by atoms with van der Waals surface area (Å²) in [5.74, 6) is 0.828. The van der Waals surface area contributed by atoms with Crippen LogP contribution in [0.4, 0.5) is 10.5 Å². The van der Waals surface area contributed by atoms with Gasteiger partial charge in [-0.05, 0) is 52.7 Å². The number of carbonyl (C=O) groups is 1. The first kappa shape index (κ1) is 16.1. The van der Waals surface area contributed by atoms with Gasteiger partial charge >= 0.3 is 6.03 Å². The highest BCUT2D eigenvalue weighted by molar-refractivity contribution is 6.30. The van der Waals surface area contributed by atoms with Crippen LogP contribution in [0.1, 0.15) is 5.56 Å². The molecule has 0 heterocycles. The summed E-state index contributed by atoms with van der Waals surface area (Å²) in [6.45, 7) is 0.439. The molecule has 0 bridgehead atoms. The van der Waals surface area contributed by atoms with Crippen molar-refractivity contribution in [3.8, 4) is 5.75 Å². The lowest BCUT2D eigenvalue weighted by Crippen LogP contribution is -2.28. The van der Waals surface area contributed by atoms with Crippen molar-refractivity contribution in [2.75, 3.05) is 12.4 Å². The second-order valence-electron chi connectivity index (χ2n) is 5.37.